The summed E-state index contributed by atoms with van der Waals surface area (Å²) in [5.41, 5.74) is 1.19. The third kappa shape index (κ3) is 3.52. The van der Waals surface area contributed by atoms with Crippen molar-refractivity contribution in [3.05, 3.63) is 34.7 Å². The number of benzene rings is 1. The van der Waals surface area contributed by atoms with Crippen LogP contribution in [0.25, 0.3) is 10.1 Å². The Bertz CT molecular complexity index is 616. The molecule has 0 amide bonds. The number of hydrogen-bond acceptors (Lipinski definition) is 4. The van der Waals surface area contributed by atoms with Crippen LogP contribution in [0.3, 0.4) is 0 Å². The van der Waals surface area contributed by atoms with Gasteiger partial charge in [-0.05, 0) is 30.9 Å². The molecule has 3 nitrogen and oxygen atoms in total. The smallest absolute Gasteiger partial charge is 0.309 e. The molecule has 0 aliphatic heterocycles. The van der Waals surface area contributed by atoms with Crippen molar-refractivity contribution in [3.63, 3.8) is 0 Å². The number of fused-ring (bicyclic) bond motifs is 1. The Labute approximate surface area is 132 Å². The van der Waals surface area contributed by atoms with Crippen LogP contribution in [0.2, 0.25) is 0 Å². The molecule has 0 bridgehead atoms. The molecule has 6 heteroatoms. The van der Waals surface area contributed by atoms with E-state index in [-0.39, 0.29) is 0 Å². The largest absolute Gasteiger partial charge is 0.335 e. The van der Waals surface area contributed by atoms with Crippen molar-refractivity contribution in [1.82, 2.24) is 0 Å². The standard InChI is InChI=1S/C14H18BrO3PS/c1-3-17-19(16,18-4-2)10-14-12(9-15)11-7-5-6-8-13(11)20-14/h5-8H,3-4,9-10H2,1-2H3. The molecule has 0 saturated carbocycles. The van der Waals surface area contributed by atoms with Crippen LogP contribution < -0.4 is 0 Å². The van der Waals surface area contributed by atoms with Crippen molar-refractivity contribution in [1.29, 1.82) is 0 Å². The minimum Gasteiger partial charge on any atom is -0.309 e. The van der Waals surface area contributed by atoms with Gasteiger partial charge in [-0.2, -0.15) is 0 Å². The van der Waals surface area contributed by atoms with Crippen LogP contribution in [-0.4, -0.2) is 13.2 Å². The highest BCUT2D eigenvalue weighted by molar-refractivity contribution is 9.08. The summed E-state index contributed by atoms with van der Waals surface area (Å²) in [6.07, 6.45) is 0.342. The molecule has 0 radical (unpaired) electrons. The van der Waals surface area contributed by atoms with Gasteiger partial charge < -0.3 is 9.05 Å². The Morgan fingerprint density at radius 3 is 2.45 bits per heavy atom. The molecule has 0 spiro atoms. The fourth-order valence-electron chi connectivity index (χ4n) is 2.12. The number of halogens is 1. The van der Waals surface area contributed by atoms with Crippen molar-refractivity contribution < 1.29 is 13.6 Å². The summed E-state index contributed by atoms with van der Waals surface area (Å²) in [4.78, 5) is 1.08. The van der Waals surface area contributed by atoms with Gasteiger partial charge in [-0.3, -0.25) is 4.57 Å². The predicted octanol–water partition coefficient (Wildman–Crippen LogP) is 5.56. The first kappa shape index (κ1) is 16.2. The highest BCUT2D eigenvalue weighted by Gasteiger charge is 2.27. The van der Waals surface area contributed by atoms with E-state index >= 15 is 0 Å². The van der Waals surface area contributed by atoms with E-state index in [9.17, 15) is 4.57 Å². The topological polar surface area (TPSA) is 35.5 Å². The maximum absolute atomic E-state index is 12.7. The lowest BCUT2D eigenvalue weighted by atomic mass is 10.2. The average Bonchev–Trinajstić information content (AvgIpc) is 2.75. The van der Waals surface area contributed by atoms with Gasteiger partial charge in [0.15, 0.2) is 0 Å². The van der Waals surface area contributed by atoms with Gasteiger partial charge in [-0.25, -0.2) is 0 Å². The maximum Gasteiger partial charge on any atom is 0.335 e. The molecule has 0 aliphatic carbocycles. The second kappa shape index (κ2) is 7.19. The molecule has 0 saturated heterocycles. The Hall–Kier alpha value is -0.190. The van der Waals surface area contributed by atoms with Gasteiger partial charge in [-0.1, -0.05) is 34.1 Å². The van der Waals surface area contributed by atoms with Gasteiger partial charge >= 0.3 is 7.60 Å². The van der Waals surface area contributed by atoms with Gasteiger partial charge in [0.05, 0.1) is 19.4 Å². The Morgan fingerprint density at radius 1 is 1.20 bits per heavy atom. The molecule has 0 aliphatic rings. The van der Waals surface area contributed by atoms with Crippen LogP contribution >= 0.6 is 34.9 Å². The zero-order chi connectivity index (χ0) is 14.6. The van der Waals surface area contributed by atoms with E-state index in [2.05, 4.69) is 28.1 Å². The average molecular weight is 377 g/mol. The van der Waals surface area contributed by atoms with Gasteiger partial charge in [0.1, 0.15) is 0 Å². The van der Waals surface area contributed by atoms with Crippen molar-refractivity contribution >= 4 is 44.9 Å². The quantitative estimate of drug-likeness (QED) is 0.468. The van der Waals surface area contributed by atoms with E-state index in [1.807, 2.05) is 26.0 Å². The second-order valence-electron chi connectivity index (χ2n) is 4.24. The predicted molar refractivity (Wildman–Crippen MR) is 89.0 cm³/mol. The van der Waals surface area contributed by atoms with Crippen LogP contribution in [0.15, 0.2) is 24.3 Å². The van der Waals surface area contributed by atoms with Gasteiger partial charge in [0, 0.05) is 14.9 Å². The number of rotatable bonds is 7. The molecule has 20 heavy (non-hydrogen) atoms. The zero-order valence-corrected chi connectivity index (χ0v) is 14.9. The first-order valence-corrected chi connectivity index (χ1v) is 10.2. The SMILES string of the molecule is CCOP(=O)(Cc1sc2ccccc2c1CBr)OCC. The lowest BCUT2D eigenvalue weighted by molar-refractivity contribution is 0.219. The van der Waals surface area contributed by atoms with E-state index in [0.717, 1.165) is 10.2 Å². The molecule has 1 aromatic carbocycles. The van der Waals surface area contributed by atoms with Crippen molar-refractivity contribution in [2.75, 3.05) is 13.2 Å². The first-order chi connectivity index (χ1) is 9.63. The van der Waals surface area contributed by atoms with Crippen molar-refractivity contribution in [2.45, 2.75) is 25.3 Å². The molecule has 2 aromatic rings. The van der Waals surface area contributed by atoms with Crippen molar-refractivity contribution in [3.8, 4) is 0 Å². The molecule has 1 heterocycles. The third-order valence-electron chi connectivity index (χ3n) is 2.90. The van der Waals surface area contributed by atoms with Crippen molar-refractivity contribution in [2.24, 2.45) is 0 Å². The van der Waals surface area contributed by atoms with Crippen LogP contribution in [0, 0.1) is 0 Å². The molecule has 2 rings (SSSR count). The van der Waals surface area contributed by atoms with Gasteiger partial charge in [0.25, 0.3) is 0 Å². The maximum atomic E-state index is 12.7. The summed E-state index contributed by atoms with van der Waals surface area (Å²) in [6.45, 7) is 4.46. The van der Waals surface area contributed by atoms with Crippen LogP contribution in [0.5, 0.6) is 0 Å². The fraction of sp³-hybridized carbons (Fsp3) is 0.429. The molecule has 110 valence electrons. The Morgan fingerprint density at radius 2 is 1.85 bits per heavy atom. The molecule has 0 fully saturated rings. The van der Waals surface area contributed by atoms with E-state index in [4.69, 9.17) is 9.05 Å². The fourth-order valence-corrected chi connectivity index (χ4v) is 6.29. The summed E-state index contributed by atoms with van der Waals surface area (Å²) < 4.78 is 24.7. The highest BCUT2D eigenvalue weighted by Crippen LogP contribution is 2.53. The number of alkyl halides is 1. The summed E-state index contributed by atoms with van der Waals surface area (Å²) in [7, 11) is -3.05. The van der Waals surface area contributed by atoms with Crippen LogP contribution in [-0.2, 0) is 25.1 Å². The van der Waals surface area contributed by atoms with E-state index in [1.165, 1.54) is 15.6 Å². The van der Waals surface area contributed by atoms with Gasteiger partial charge in [0.2, 0.25) is 0 Å². The van der Waals surface area contributed by atoms with Gasteiger partial charge in [-0.15, -0.1) is 11.3 Å². The minimum atomic E-state index is -3.05. The van der Waals surface area contributed by atoms with Crippen LogP contribution in [0.1, 0.15) is 24.3 Å². The highest BCUT2D eigenvalue weighted by atomic mass is 79.9. The molecule has 1 aromatic heterocycles. The number of thiophene rings is 1. The summed E-state index contributed by atoms with van der Waals surface area (Å²) in [5.74, 6) is 0. The molecular weight excluding hydrogens is 359 g/mol. The van der Waals surface area contributed by atoms with Crippen LogP contribution in [0.4, 0.5) is 0 Å². The first-order valence-electron chi connectivity index (χ1n) is 6.57. The lowest BCUT2D eigenvalue weighted by Crippen LogP contribution is -1.99. The Kier molecular flexibility index (Phi) is 5.82. The third-order valence-corrected chi connectivity index (χ3v) is 6.90. The minimum absolute atomic E-state index is 0.342. The van der Waals surface area contributed by atoms with E-state index in [1.54, 1.807) is 11.3 Å². The summed E-state index contributed by atoms with van der Waals surface area (Å²) >= 11 is 5.19. The number of hydrogen-bond donors (Lipinski definition) is 0. The normalized spacial score (nSPS) is 12.2. The Balaban J connectivity index is 2.39. The molecular formula is C14H18BrO3PS. The molecule has 0 atom stereocenters. The lowest BCUT2D eigenvalue weighted by Gasteiger charge is -2.16. The summed E-state index contributed by atoms with van der Waals surface area (Å²) in [6, 6.07) is 8.22. The monoisotopic (exact) mass is 376 g/mol. The molecule has 0 unspecified atom stereocenters. The zero-order valence-electron chi connectivity index (χ0n) is 11.6. The van der Waals surface area contributed by atoms with E-state index < -0.39 is 7.60 Å². The second-order valence-corrected chi connectivity index (χ2v) is 7.99. The van der Waals surface area contributed by atoms with E-state index in [0.29, 0.717) is 19.4 Å². The molecule has 0 N–H and O–H groups in total. The summed E-state index contributed by atoms with van der Waals surface area (Å²) in [5, 5.41) is 1.95.